The van der Waals surface area contributed by atoms with Gasteiger partial charge in [0.15, 0.2) is 0 Å². The smallest absolute Gasteiger partial charge is 0.223 e. The number of nitriles is 1. The average molecular weight is 244 g/mol. The zero-order valence-electron chi connectivity index (χ0n) is 10.1. The van der Waals surface area contributed by atoms with Gasteiger partial charge in [-0.15, -0.1) is 0 Å². The zero-order chi connectivity index (χ0) is 12.8. The minimum Gasteiger partial charge on any atom is -0.378 e. The van der Waals surface area contributed by atoms with Crippen LogP contribution in [-0.4, -0.2) is 18.6 Å². The van der Waals surface area contributed by atoms with Gasteiger partial charge >= 0.3 is 0 Å². The number of carbonyl (C=O) groups is 1. The van der Waals surface area contributed by atoms with E-state index in [4.69, 9.17) is 10.00 Å². The first kappa shape index (κ1) is 12.6. The van der Waals surface area contributed by atoms with Crippen molar-refractivity contribution in [2.24, 2.45) is 0 Å². The number of benzene rings is 1. The van der Waals surface area contributed by atoms with Crippen LogP contribution in [0.1, 0.15) is 30.9 Å². The second-order valence-electron chi connectivity index (χ2n) is 4.38. The monoisotopic (exact) mass is 244 g/mol. The minimum absolute atomic E-state index is 0.0140. The summed E-state index contributed by atoms with van der Waals surface area (Å²) >= 11 is 0. The van der Waals surface area contributed by atoms with E-state index < -0.39 is 6.04 Å². The van der Waals surface area contributed by atoms with Crippen LogP contribution in [0.25, 0.3) is 0 Å². The first-order chi connectivity index (χ1) is 8.79. The highest BCUT2D eigenvalue weighted by molar-refractivity contribution is 5.77. The van der Waals surface area contributed by atoms with E-state index in [2.05, 4.69) is 11.4 Å². The molecule has 0 aliphatic carbocycles. The molecule has 0 saturated carbocycles. The van der Waals surface area contributed by atoms with Crippen LogP contribution in [0.3, 0.4) is 0 Å². The van der Waals surface area contributed by atoms with Gasteiger partial charge < -0.3 is 10.1 Å². The Hall–Kier alpha value is -1.86. The van der Waals surface area contributed by atoms with E-state index in [9.17, 15) is 4.79 Å². The first-order valence-corrected chi connectivity index (χ1v) is 6.15. The van der Waals surface area contributed by atoms with Crippen LogP contribution in [0.5, 0.6) is 0 Å². The molecule has 1 fully saturated rings. The van der Waals surface area contributed by atoms with Crippen molar-refractivity contribution < 1.29 is 9.53 Å². The van der Waals surface area contributed by atoms with E-state index in [1.54, 1.807) is 0 Å². The van der Waals surface area contributed by atoms with E-state index >= 15 is 0 Å². The molecule has 4 heteroatoms. The number of amides is 1. The predicted molar refractivity (Wildman–Crippen MR) is 66.5 cm³/mol. The van der Waals surface area contributed by atoms with Gasteiger partial charge in [0.25, 0.3) is 0 Å². The Morgan fingerprint density at radius 2 is 2.28 bits per heavy atom. The fourth-order valence-corrected chi connectivity index (χ4v) is 2.07. The Morgan fingerprint density at radius 3 is 2.89 bits per heavy atom. The number of hydrogen-bond donors (Lipinski definition) is 1. The quantitative estimate of drug-likeness (QED) is 0.880. The maximum absolute atomic E-state index is 11.8. The molecule has 1 N–H and O–H groups in total. The van der Waals surface area contributed by atoms with Crippen LogP contribution in [0.15, 0.2) is 30.3 Å². The SMILES string of the molecule is N#CC(NC(=O)CC1CCCO1)c1ccccc1. The Kier molecular flexibility index (Phi) is 4.32. The summed E-state index contributed by atoms with van der Waals surface area (Å²) in [6.07, 6.45) is 2.29. The topological polar surface area (TPSA) is 62.1 Å². The molecule has 2 unspecified atom stereocenters. The second kappa shape index (κ2) is 6.18. The fraction of sp³-hybridized carbons (Fsp3) is 0.429. The molecule has 0 aromatic heterocycles. The molecule has 0 bridgehead atoms. The second-order valence-corrected chi connectivity index (χ2v) is 4.38. The average Bonchev–Trinajstić information content (AvgIpc) is 2.90. The maximum atomic E-state index is 11.8. The van der Waals surface area contributed by atoms with Crippen molar-refractivity contribution in [3.05, 3.63) is 35.9 Å². The Bertz CT molecular complexity index is 433. The molecule has 18 heavy (non-hydrogen) atoms. The van der Waals surface area contributed by atoms with Crippen molar-refractivity contribution in [3.8, 4) is 6.07 Å². The summed E-state index contributed by atoms with van der Waals surface area (Å²) in [5, 5.41) is 11.8. The van der Waals surface area contributed by atoms with E-state index in [1.165, 1.54) is 0 Å². The van der Waals surface area contributed by atoms with Gasteiger partial charge in [-0.1, -0.05) is 30.3 Å². The van der Waals surface area contributed by atoms with Crippen LogP contribution < -0.4 is 5.32 Å². The van der Waals surface area contributed by atoms with Crippen molar-refractivity contribution in [2.45, 2.75) is 31.4 Å². The van der Waals surface area contributed by atoms with E-state index in [-0.39, 0.29) is 12.0 Å². The molecule has 2 atom stereocenters. The molecule has 1 aliphatic rings. The molecule has 1 aromatic rings. The third-order valence-corrected chi connectivity index (χ3v) is 3.00. The first-order valence-electron chi connectivity index (χ1n) is 6.15. The summed E-state index contributed by atoms with van der Waals surface area (Å²) in [5.41, 5.74) is 0.806. The Balaban J connectivity index is 1.90. The molecule has 2 rings (SSSR count). The van der Waals surface area contributed by atoms with Crippen LogP contribution >= 0.6 is 0 Å². The highest BCUT2D eigenvalue weighted by Crippen LogP contribution is 2.16. The molecule has 1 amide bonds. The van der Waals surface area contributed by atoms with Crippen LogP contribution in [0, 0.1) is 11.3 Å². The molecule has 1 saturated heterocycles. The van der Waals surface area contributed by atoms with Crippen molar-refractivity contribution in [1.82, 2.24) is 5.32 Å². The van der Waals surface area contributed by atoms with Crippen LogP contribution in [0.4, 0.5) is 0 Å². The highest BCUT2D eigenvalue weighted by Gasteiger charge is 2.21. The lowest BCUT2D eigenvalue weighted by Gasteiger charge is -2.14. The Morgan fingerprint density at radius 1 is 1.50 bits per heavy atom. The third kappa shape index (κ3) is 3.31. The van der Waals surface area contributed by atoms with E-state index in [0.29, 0.717) is 6.42 Å². The van der Waals surface area contributed by atoms with Gasteiger partial charge in [-0.25, -0.2) is 0 Å². The molecule has 94 valence electrons. The van der Waals surface area contributed by atoms with Gasteiger partial charge in [0.2, 0.25) is 5.91 Å². The zero-order valence-corrected chi connectivity index (χ0v) is 10.1. The van der Waals surface area contributed by atoms with Gasteiger partial charge in [-0.2, -0.15) is 5.26 Å². The van der Waals surface area contributed by atoms with E-state index in [1.807, 2.05) is 30.3 Å². The normalized spacial score (nSPS) is 20.1. The molecular weight excluding hydrogens is 228 g/mol. The van der Waals surface area contributed by atoms with Gasteiger partial charge in [0.05, 0.1) is 18.6 Å². The largest absolute Gasteiger partial charge is 0.378 e. The predicted octanol–water partition coefficient (Wildman–Crippen LogP) is 1.94. The lowest BCUT2D eigenvalue weighted by Crippen LogP contribution is -2.30. The Labute approximate surface area is 107 Å². The number of ether oxygens (including phenoxy) is 1. The molecule has 0 radical (unpaired) electrons. The maximum Gasteiger partial charge on any atom is 0.223 e. The van der Waals surface area contributed by atoms with Gasteiger partial charge in [-0.3, -0.25) is 4.79 Å². The summed E-state index contributed by atoms with van der Waals surface area (Å²) in [6.45, 7) is 0.734. The summed E-state index contributed by atoms with van der Waals surface area (Å²) in [4.78, 5) is 11.8. The lowest BCUT2D eigenvalue weighted by molar-refractivity contribution is -0.123. The number of carbonyl (C=O) groups excluding carboxylic acids is 1. The molecule has 1 aliphatic heterocycles. The van der Waals surface area contributed by atoms with Crippen molar-refractivity contribution in [2.75, 3.05) is 6.61 Å². The van der Waals surface area contributed by atoms with E-state index in [0.717, 1.165) is 25.0 Å². The molecule has 1 aromatic carbocycles. The summed E-state index contributed by atoms with van der Waals surface area (Å²) in [7, 11) is 0. The number of nitrogens with one attached hydrogen (secondary N) is 1. The van der Waals surface area contributed by atoms with Gasteiger partial charge in [0, 0.05) is 6.61 Å². The third-order valence-electron chi connectivity index (χ3n) is 3.00. The van der Waals surface area contributed by atoms with Gasteiger partial charge in [0.1, 0.15) is 6.04 Å². The number of rotatable bonds is 4. The standard InChI is InChI=1S/C14H16N2O2/c15-10-13(11-5-2-1-3-6-11)16-14(17)9-12-7-4-8-18-12/h1-3,5-6,12-13H,4,7-9H2,(H,16,17). The van der Waals surface area contributed by atoms with Crippen molar-refractivity contribution in [1.29, 1.82) is 5.26 Å². The molecule has 4 nitrogen and oxygen atoms in total. The highest BCUT2D eigenvalue weighted by atomic mass is 16.5. The van der Waals surface area contributed by atoms with Crippen LogP contribution in [0.2, 0.25) is 0 Å². The van der Waals surface area contributed by atoms with Crippen LogP contribution in [-0.2, 0) is 9.53 Å². The number of nitrogens with zero attached hydrogens (tertiary/aromatic N) is 1. The fourth-order valence-electron chi connectivity index (χ4n) is 2.07. The number of hydrogen-bond acceptors (Lipinski definition) is 3. The minimum atomic E-state index is -0.583. The summed E-state index contributed by atoms with van der Waals surface area (Å²) in [6, 6.07) is 10.8. The summed E-state index contributed by atoms with van der Waals surface area (Å²) < 4.78 is 5.40. The molecular formula is C14H16N2O2. The van der Waals surface area contributed by atoms with Crippen molar-refractivity contribution >= 4 is 5.91 Å². The molecule has 0 spiro atoms. The van der Waals surface area contributed by atoms with Gasteiger partial charge in [-0.05, 0) is 18.4 Å². The van der Waals surface area contributed by atoms with Crippen molar-refractivity contribution in [3.63, 3.8) is 0 Å². The lowest BCUT2D eigenvalue weighted by atomic mass is 10.1. The summed E-state index contributed by atoms with van der Waals surface area (Å²) in [5.74, 6) is -0.127. The molecule has 1 heterocycles.